The third-order valence-corrected chi connectivity index (χ3v) is 3.00. The van der Waals surface area contributed by atoms with Gasteiger partial charge in [0.25, 0.3) is 0 Å². The van der Waals surface area contributed by atoms with Crippen LogP contribution in [0.4, 0.5) is 5.69 Å². The predicted molar refractivity (Wildman–Crippen MR) is 54.9 cm³/mol. The van der Waals surface area contributed by atoms with Gasteiger partial charge in [0.1, 0.15) is 0 Å². The first kappa shape index (κ1) is 11.8. The second-order valence-corrected chi connectivity index (χ2v) is 4.67. The summed E-state index contributed by atoms with van der Waals surface area (Å²) in [5.74, 6) is -0.431. The highest BCUT2D eigenvalue weighted by Crippen LogP contribution is 2.28. The molecule has 0 aliphatic heterocycles. The molecule has 1 aromatic carbocycles. The minimum absolute atomic E-state index is 0.282. The molecule has 0 aliphatic carbocycles. The van der Waals surface area contributed by atoms with Crippen LogP contribution in [-0.4, -0.2) is 33.0 Å². The maximum absolute atomic E-state index is 11.6. The van der Waals surface area contributed by atoms with E-state index >= 15 is 0 Å². The van der Waals surface area contributed by atoms with E-state index in [9.17, 15) is 19.8 Å². The minimum atomic E-state index is -1.45. The number of aromatic hydroxyl groups is 1. The molecule has 0 saturated heterocycles. The SMILES string of the molecule is CN(C)[S+]([O-])c1ccc(O)c([N+](=O)[O-])c1. The second kappa shape index (κ2) is 4.47. The number of nitrogens with zero attached hydrogens (tertiary/aromatic N) is 2. The fourth-order valence-electron chi connectivity index (χ4n) is 0.969. The second-order valence-electron chi connectivity index (χ2n) is 2.97. The highest BCUT2D eigenvalue weighted by atomic mass is 32.2. The number of hydrogen-bond acceptors (Lipinski definition) is 5. The Bertz CT molecular complexity index is 383. The maximum Gasteiger partial charge on any atom is 0.315 e. The fourth-order valence-corrected chi connectivity index (χ4v) is 1.79. The summed E-state index contributed by atoms with van der Waals surface area (Å²) >= 11 is -1.45. The van der Waals surface area contributed by atoms with Gasteiger partial charge in [-0.05, 0) is 12.1 Å². The van der Waals surface area contributed by atoms with Crippen LogP contribution in [0, 0.1) is 10.1 Å². The molecular weight excluding hydrogens is 220 g/mol. The topological polar surface area (TPSA) is 89.7 Å². The first-order valence-corrected chi connectivity index (χ1v) is 5.10. The van der Waals surface area contributed by atoms with Gasteiger partial charge in [0.05, 0.1) is 22.4 Å². The third kappa shape index (κ3) is 2.58. The minimum Gasteiger partial charge on any atom is -0.593 e. The van der Waals surface area contributed by atoms with Crippen molar-refractivity contribution in [1.29, 1.82) is 0 Å². The lowest BCUT2D eigenvalue weighted by Crippen LogP contribution is -2.22. The van der Waals surface area contributed by atoms with Gasteiger partial charge in [-0.3, -0.25) is 10.1 Å². The van der Waals surface area contributed by atoms with E-state index in [1.54, 1.807) is 14.1 Å². The van der Waals surface area contributed by atoms with E-state index in [1.165, 1.54) is 10.4 Å². The summed E-state index contributed by atoms with van der Waals surface area (Å²) in [5.41, 5.74) is -0.442. The molecule has 0 aromatic heterocycles. The van der Waals surface area contributed by atoms with Crippen LogP contribution in [0.5, 0.6) is 5.75 Å². The van der Waals surface area contributed by atoms with Crippen molar-refractivity contribution in [3.63, 3.8) is 0 Å². The van der Waals surface area contributed by atoms with Gasteiger partial charge < -0.3 is 9.66 Å². The smallest absolute Gasteiger partial charge is 0.315 e. The van der Waals surface area contributed by atoms with Crippen LogP contribution in [0.3, 0.4) is 0 Å². The first-order valence-electron chi connectivity index (χ1n) is 4.00. The Morgan fingerprint density at radius 1 is 1.47 bits per heavy atom. The molecule has 0 radical (unpaired) electrons. The molecule has 82 valence electrons. The van der Waals surface area contributed by atoms with Gasteiger partial charge in [0.15, 0.2) is 10.6 Å². The van der Waals surface area contributed by atoms with Crippen molar-refractivity contribution in [2.45, 2.75) is 4.90 Å². The number of phenols is 1. The largest absolute Gasteiger partial charge is 0.593 e. The molecule has 1 aromatic rings. The van der Waals surface area contributed by atoms with E-state index in [0.29, 0.717) is 0 Å². The van der Waals surface area contributed by atoms with Crippen LogP contribution >= 0.6 is 0 Å². The zero-order valence-corrected chi connectivity index (χ0v) is 9.02. The lowest BCUT2D eigenvalue weighted by atomic mass is 10.3. The molecule has 7 heteroatoms. The van der Waals surface area contributed by atoms with Gasteiger partial charge in [0.2, 0.25) is 0 Å². The van der Waals surface area contributed by atoms with Gasteiger partial charge in [-0.1, -0.05) is 0 Å². The lowest BCUT2D eigenvalue weighted by molar-refractivity contribution is -0.386. The Morgan fingerprint density at radius 2 is 2.07 bits per heavy atom. The van der Waals surface area contributed by atoms with Crippen molar-refractivity contribution in [2.75, 3.05) is 14.1 Å². The molecule has 0 saturated carbocycles. The average molecular weight is 230 g/mol. The summed E-state index contributed by atoms with van der Waals surface area (Å²) in [6, 6.07) is 3.65. The number of benzene rings is 1. The predicted octanol–water partition coefficient (Wildman–Crippen LogP) is 0.885. The van der Waals surface area contributed by atoms with Gasteiger partial charge >= 0.3 is 5.69 Å². The van der Waals surface area contributed by atoms with E-state index in [-0.39, 0.29) is 4.90 Å². The molecule has 0 amide bonds. The van der Waals surface area contributed by atoms with E-state index in [1.807, 2.05) is 0 Å². The fraction of sp³-hybridized carbons (Fsp3) is 0.250. The Morgan fingerprint density at radius 3 is 2.53 bits per heavy atom. The summed E-state index contributed by atoms with van der Waals surface area (Å²) in [5, 5.41) is 19.7. The standard InChI is InChI=1S/C8H10N2O4S/c1-9(2)15(14)6-3-4-8(11)7(5-6)10(12)13/h3-5,11H,1-2H3. The highest BCUT2D eigenvalue weighted by Gasteiger charge is 2.21. The molecule has 1 rings (SSSR count). The number of nitro benzene ring substituents is 1. The van der Waals surface area contributed by atoms with Crippen LogP contribution in [0.2, 0.25) is 0 Å². The van der Waals surface area contributed by atoms with Crippen molar-refractivity contribution < 1.29 is 14.6 Å². The monoisotopic (exact) mass is 230 g/mol. The van der Waals surface area contributed by atoms with Gasteiger partial charge in [-0.25, -0.2) is 0 Å². The van der Waals surface area contributed by atoms with Crippen molar-refractivity contribution in [3.05, 3.63) is 28.3 Å². The Kier molecular flexibility index (Phi) is 3.51. The average Bonchev–Trinajstić information content (AvgIpc) is 2.16. The van der Waals surface area contributed by atoms with Crippen molar-refractivity contribution in [2.24, 2.45) is 0 Å². The van der Waals surface area contributed by atoms with E-state index in [2.05, 4.69) is 0 Å². The van der Waals surface area contributed by atoms with Crippen LogP contribution in [0.1, 0.15) is 0 Å². The third-order valence-electron chi connectivity index (χ3n) is 1.68. The summed E-state index contributed by atoms with van der Waals surface area (Å²) in [6.07, 6.45) is 0. The molecule has 1 unspecified atom stereocenters. The van der Waals surface area contributed by atoms with E-state index in [0.717, 1.165) is 12.1 Å². The molecule has 0 fully saturated rings. The first-order chi connectivity index (χ1) is 6.93. The molecule has 0 spiro atoms. The zero-order chi connectivity index (χ0) is 11.6. The Balaban J connectivity index is 3.13. The summed E-state index contributed by atoms with van der Waals surface area (Å²) in [7, 11) is 3.18. The summed E-state index contributed by atoms with van der Waals surface area (Å²) in [6.45, 7) is 0. The number of phenolic OH excluding ortho intramolecular Hbond substituents is 1. The molecule has 0 aliphatic rings. The summed E-state index contributed by atoms with van der Waals surface area (Å²) < 4.78 is 13.0. The maximum atomic E-state index is 11.6. The van der Waals surface area contributed by atoms with Crippen molar-refractivity contribution in [1.82, 2.24) is 4.31 Å². The highest BCUT2D eigenvalue weighted by molar-refractivity contribution is 7.89. The van der Waals surface area contributed by atoms with Crippen LogP contribution in [0.25, 0.3) is 0 Å². The molecule has 0 heterocycles. The van der Waals surface area contributed by atoms with Crippen LogP contribution in [-0.2, 0) is 11.4 Å². The zero-order valence-electron chi connectivity index (χ0n) is 8.21. The van der Waals surface area contributed by atoms with Crippen molar-refractivity contribution in [3.8, 4) is 5.75 Å². The molecule has 6 nitrogen and oxygen atoms in total. The van der Waals surface area contributed by atoms with Gasteiger partial charge in [-0.15, -0.1) is 4.31 Å². The molecule has 0 bridgehead atoms. The summed E-state index contributed by atoms with van der Waals surface area (Å²) in [4.78, 5) is 10.1. The number of nitro groups is 1. The molecule has 15 heavy (non-hydrogen) atoms. The van der Waals surface area contributed by atoms with E-state index in [4.69, 9.17) is 0 Å². The normalized spacial score (nSPS) is 12.8. The molecule has 1 N–H and O–H groups in total. The Labute approximate surface area is 89.6 Å². The number of hydrogen-bond donors (Lipinski definition) is 1. The van der Waals surface area contributed by atoms with Gasteiger partial charge in [0, 0.05) is 14.1 Å². The molecular formula is C8H10N2O4S. The lowest BCUT2D eigenvalue weighted by Gasteiger charge is -2.14. The molecule has 1 atom stereocenters. The van der Waals surface area contributed by atoms with Crippen LogP contribution in [0.15, 0.2) is 23.1 Å². The number of rotatable bonds is 3. The van der Waals surface area contributed by atoms with Crippen molar-refractivity contribution >= 4 is 17.0 Å². The quantitative estimate of drug-likeness (QED) is 0.473. The van der Waals surface area contributed by atoms with Crippen LogP contribution < -0.4 is 0 Å². The van der Waals surface area contributed by atoms with Gasteiger partial charge in [-0.2, -0.15) is 0 Å². The van der Waals surface area contributed by atoms with E-state index < -0.39 is 27.7 Å². The Hall–Kier alpha value is -1.31.